The van der Waals surface area contributed by atoms with Crippen LogP contribution in [0.25, 0.3) is 11.0 Å². The van der Waals surface area contributed by atoms with Gasteiger partial charge in [0.15, 0.2) is 11.5 Å². The summed E-state index contributed by atoms with van der Waals surface area (Å²) >= 11 is 0. The van der Waals surface area contributed by atoms with E-state index in [-0.39, 0.29) is 41.4 Å². The third-order valence-corrected chi connectivity index (χ3v) is 5.48. The lowest BCUT2D eigenvalue weighted by molar-refractivity contribution is -0.154. The van der Waals surface area contributed by atoms with Gasteiger partial charge < -0.3 is 28.1 Å². The Balaban J connectivity index is 1.45. The van der Waals surface area contributed by atoms with Crippen LogP contribution in [0, 0.1) is 0 Å². The second-order valence-electron chi connectivity index (χ2n) is 8.05. The number of fused-ring (bicyclic) bond motifs is 2. The fourth-order valence-electron chi connectivity index (χ4n) is 3.68. The zero-order valence-electron chi connectivity index (χ0n) is 20.0. The number of carbonyl (C=O) groups excluding carboxylic acids is 2. The first-order valence-corrected chi connectivity index (χ1v) is 11.4. The zero-order chi connectivity index (χ0) is 27.7. The third-order valence-electron chi connectivity index (χ3n) is 5.48. The number of halogens is 3. The second-order valence-corrected chi connectivity index (χ2v) is 8.05. The van der Waals surface area contributed by atoms with E-state index in [1.165, 1.54) is 48.5 Å². The van der Waals surface area contributed by atoms with Gasteiger partial charge in [-0.3, -0.25) is 4.79 Å². The summed E-state index contributed by atoms with van der Waals surface area (Å²) < 4.78 is 72.5. The van der Waals surface area contributed by atoms with Gasteiger partial charge in [-0.25, -0.2) is 9.59 Å². The molecule has 9 nitrogen and oxygen atoms in total. The quantitative estimate of drug-likeness (QED) is 0.223. The van der Waals surface area contributed by atoms with Crippen molar-refractivity contribution >= 4 is 22.9 Å². The number of rotatable bonds is 6. The zero-order valence-corrected chi connectivity index (χ0v) is 20.0. The van der Waals surface area contributed by atoms with Crippen molar-refractivity contribution in [2.75, 3.05) is 13.4 Å². The number of carbonyl (C=O) groups is 2. The van der Waals surface area contributed by atoms with Crippen molar-refractivity contribution in [2.24, 2.45) is 0 Å². The highest BCUT2D eigenvalue weighted by Gasteiger charge is 2.40. The summed E-state index contributed by atoms with van der Waals surface area (Å²) in [6.07, 6.45) is -5.10. The van der Waals surface area contributed by atoms with Gasteiger partial charge in [-0.1, -0.05) is 0 Å². The van der Waals surface area contributed by atoms with Crippen LogP contribution in [0.2, 0.25) is 0 Å². The molecule has 0 bridgehead atoms. The fourth-order valence-corrected chi connectivity index (χ4v) is 3.68. The van der Waals surface area contributed by atoms with Crippen LogP contribution in [0.5, 0.6) is 28.7 Å². The average molecular weight is 542 g/mol. The van der Waals surface area contributed by atoms with Crippen LogP contribution in [-0.4, -0.2) is 25.3 Å². The Hall–Kier alpha value is -5.00. The molecule has 0 aliphatic carbocycles. The standard InChI is InChI=1S/C27H17F3O9/c1-2-34-25(32)14-3-6-16(7-4-14)37-23-22(31)18-9-8-17(12-20(18)39-24(23)27(28,29)30)38-26(33)15-5-10-19-21(11-15)36-13-35-19/h3-12H,2,13H2,1H3. The van der Waals surface area contributed by atoms with E-state index in [4.69, 9.17) is 28.1 Å². The van der Waals surface area contributed by atoms with E-state index < -0.39 is 40.6 Å². The number of hydrogen-bond donors (Lipinski definition) is 0. The predicted octanol–water partition coefficient (Wildman–Crippen LogP) is 5.73. The largest absolute Gasteiger partial charge is 0.462 e. The molecule has 0 unspecified atom stereocenters. The lowest BCUT2D eigenvalue weighted by atomic mass is 10.2. The van der Waals surface area contributed by atoms with Crippen LogP contribution < -0.4 is 24.4 Å². The van der Waals surface area contributed by atoms with Crippen LogP contribution >= 0.6 is 0 Å². The highest BCUT2D eigenvalue weighted by atomic mass is 19.4. The predicted molar refractivity (Wildman–Crippen MR) is 127 cm³/mol. The molecule has 200 valence electrons. The molecule has 1 aliphatic rings. The molecule has 0 spiro atoms. The lowest BCUT2D eigenvalue weighted by Crippen LogP contribution is -2.15. The van der Waals surface area contributed by atoms with E-state index in [9.17, 15) is 27.6 Å². The minimum atomic E-state index is -5.10. The van der Waals surface area contributed by atoms with Crippen LogP contribution in [0.4, 0.5) is 13.2 Å². The first-order valence-electron chi connectivity index (χ1n) is 11.4. The lowest BCUT2D eigenvalue weighted by Gasteiger charge is -2.14. The number of alkyl halides is 3. The molecule has 0 N–H and O–H groups in total. The maximum atomic E-state index is 13.9. The van der Waals surface area contributed by atoms with Gasteiger partial charge in [-0.15, -0.1) is 0 Å². The van der Waals surface area contributed by atoms with Gasteiger partial charge >= 0.3 is 18.1 Å². The topological polar surface area (TPSA) is 110 Å². The summed E-state index contributed by atoms with van der Waals surface area (Å²) in [6.45, 7) is 1.77. The van der Waals surface area contributed by atoms with Crippen molar-refractivity contribution in [1.82, 2.24) is 0 Å². The number of esters is 2. The molecule has 1 aromatic heterocycles. The molecule has 0 fully saturated rings. The van der Waals surface area contributed by atoms with E-state index in [0.717, 1.165) is 12.1 Å². The van der Waals surface area contributed by atoms with Crippen LogP contribution in [0.1, 0.15) is 33.4 Å². The first-order chi connectivity index (χ1) is 18.6. The highest BCUT2D eigenvalue weighted by Crippen LogP contribution is 2.39. The van der Waals surface area contributed by atoms with Crippen molar-refractivity contribution < 1.29 is 50.9 Å². The van der Waals surface area contributed by atoms with Crippen molar-refractivity contribution in [2.45, 2.75) is 13.1 Å². The maximum Gasteiger partial charge on any atom is 0.453 e. The molecule has 3 aromatic carbocycles. The molecule has 0 saturated carbocycles. The molecule has 0 saturated heterocycles. The Kier molecular flexibility index (Phi) is 6.60. The molecule has 0 atom stereocenters. The smallest absolute Gasteiger partial charge is 0.453 e. The molecule has 5 rings (SSSR count). The first kappa shape index (κ1) is 25.6. The van der Waals surface area contributed by atoms with E-state index in [0.29, 0.717) is 11.5 Å². The van der Waals surface area contributed by atoms with Gasteiger partial charge in [0.05, 0.1) is 23.1 Å². The molecule has 39 heavy (non-hydrogen) atoms. The van der Waals surface area contributed by atoms with Gasteiger partial charge in [0, 0.05) is 6.07 Å². The molecular formula is C27H17F3O9. The molecule has 1 aliphatic heterocycles. The third kappa shape index (κ3) is 5.21. The summed E-state index contributed by atoms with van der Waals surface area (Å²) in [4.78, 5) is 37.4. The Morgan fingerprint density at radius 2 is 1.56 bits per heavy atom. The Labute approximate surface area is 217 Å². The van der Waals surface area contributed by atoms with Gasteiger partial charge in [-0.05, 0) is 61.5 Å². The van der Waals surface area contributed by atoms with Crippen molar-refractivity contribution in [3.05, 3.63) is 87.8 Å². The van der Waals surface area contributed by atoms with Crippen LogP contribution in [-0.2, 0) is 10.9 Å². The minimum Gasteiger partial charge on any atom is -0.462 e. The molecule has 12 heteroatoms. The van der Waals surface area contributed by atoms with Gasteiger partial charge in [-0.2, -0.15) is 13.2 Å². The summed E-state index contributed by atoms with van der Waals surface area (Å²) in [7, 11) is 0. The van der Waals surface area contributed by atoms with Gasteiger partial charge in [0.2, 0.25) is 18.0 Å². The van der Waals surface area contributed by atoms with E-state index in [2.05, 4.69) is 0 Å². The normalized spacial score (nSPS) is 12.3. The van der Waals surface area contributed by atoms with Gasteiger partial charge in [0.25, 0.3) is 5.76 Å². The molecule has 0 amide bonds. The SMILES string of the molecule is CCOC(=O)c1ccc(Oc2c(C(F)(F)F)oc3cc(OC(=O)c4ccc5c(c4)OCO5)ccc3c2=O)cc1. The van der Waals surface area contributed by atoms with Crippen LogP contribution in [0.15, 0.2) is 69.9 Å². The number of ether oxygens (including phenoxy) is 5. The molecular weight excluding hydrogens is 525 g/mol. The molecule has 4 aromatic rings. The van der Waals surface area contributed by atoms with Crippen molar-refractivity contribution in [3.8, 4) is 28.7 Å². The second kappa shape index (κ2) is 10.0. The Morgan fingerprint density at radius 1 is 0.872 bits per heavy atom. The summed E-state index contributed by atoms with van der Waals surface area (Å²) in [5.41, 5.74) is -1.33. The average Bonchev–Trinajstić information content (AvgIpc) is 3.38. The molecule has 2 heterocycles. The van der Waals surface area contributed by atoms with E-state index in [1.54, 1.807) is 6.92 Å². The Bertz CT molecular complexity index is 1640. The van der Waals surface area contributed by atoms with Gasteiger partial charge in [0.1, 0.15) is 17.1 Å². The summed E-state index contributed by atoms with van der Waals surface area (Å²) in [5.74, 6) is -3.74. The summed E-state index contributed by atoms with van der Waals surface area (Å²) in [5, 5.41) is -0.246. The highest BCUT2D eigenvalue weighted by molar-refractivity contribution is 5.92. The number of benzene rings is 3. The maximum absolute atomic E-state index is 13.9. The molecule has 0 radical (unpaired) electrons. The van der Waals surface area contributed by atoms with E-state index in [1.807, 2.05) is 0 Å². The number of hydrogen-bond acceptors (Lipinski definition) is 9. The van der Waals surface area contributed by atoms with Crippen molar-refractivity contribution in [1.29, 1.82) is 0 Å². The monoisotopic (exact) mass is 542 g/mol. The summed E-state index contributed by atoms with van der Waals surface area (Å²) in [6, 6.07) is 12.7. The van der Waals surface area contributed by atoms with E-state index >= 15 is 0 Å². The minimum absolute atomic E-state index is 0.00366. The van der Waals surface area contributed by atoms with Crippen molar-refractivity contribution in [3.63, 3.8) is 0 Å². The Morgan fingerprint density at radius 3 is 2.28 bits per heavy atom. The fraction of sp³-hybridized carbons (Fsp3) is 0.148. The van der Waals surface area contributed by atoms with Crippen LogP contribution in [0.3, 0.4) is 0 Å².